The van der Waals surface area contributed by atoms with Crippen LogP contribution in [0.2, 0.25) is 0 Å². The topological polar surface area (TPSA) is 76.0 Å². The van der Waals surface area contributed by atoms with Crippen LogP contribution in [0.5, 0.6) is 0 Å². The third-order valence-electron chi connectivity index (χ3n) is 3.52. The number of halogens is 2. The van der Waals surface area contributed by atoms with Crippen LogP contribution < -0.4 is 10.6 Å². The fourth-order valence-corrected chi connectivity index (χ4v) is 2.19. The van der Waals surface area contributed by atoms with Crippen LogP contribution in [0.3, 0.4) is 0 Å². The summed E-state index contributed by atoms with van der Waals surface area (Å²) in [4.78, 5) is 23.8. The van der Waals surface area contributed by atoms with Gasteiger partial charge < -0.3 is 10.6 Å². The first-order valence-corrected chi connectivity index (χ1v) is 8.06. The molecule has 0 aliphatic heterocycles. The van der Waals surface area contributed by atoms with E-state index in [9.17, 15) is 18.4 Å². The van der Waals surface area contributed by atoms with Crippen molar-refractivity contribution >= 4 is 17.6 Å². The molecule has 0 saturated heterocycles. The minimum absolute atomic E-state index is 0.0213. The lowest BCUT2D eigenvalue weighted by Crippen LogP contribution is -2.28. The van der Waals surface area contributed by atoms with Crippen molar-refractivity contribution < 1.29 is 18.4 Å². The van der Waals surface area contributed by atoms with Crippen molar-refractivity contribution in [2.24, 2.45) is 0 Å². The quantitative estimate of drug-likeness (QED) is 0.769. The Bertz CT molecular complexity index is 746. The average molecular weight is 350 g/mol. The highest BCUT2D eigenvalue weighted by molar-refractivity contribution is 5.95. The highest BCUT2D eigenvalue weighted by Crippen LogP contribution is 2.10. The molecule has 0 atom stereocenters. The van der Waals surface area contributed by atoms with Gasteiger partial charge in [0.05, 0.1) is 11.8 Å². The molecule has 2 amide bonds. The first kappa shape index (κ1) is 18.6. The Morgan fingerprint density at radius 2 is 2.04 bits per heavy atom. The lowest BCUT2D eigenvalue weighted by Gasteiger charge is -2.09. The number of aromatic nitrogens is 2. The minimum atomic E-state index is -0.943. The molecule has 6 nitrogen and oxygen atoms in total. The van der Waals surface area contributed by atoms with E-state index in [1.807, 2.05) is 0 Å². The maximum absolute atomic E-state index is 13.5. The molecular formula is C17H20F2N4O2. The van der Waals surface area contributed by atoms with Crippen LogP contribution in [-0.4, -0.2) is 28.1 Å². The molecule has 0 fully saturated rings. The largest absolute Gasteiger partial charge is 0.351 e. The molecule has 0 aliphatic rings. The van der Waals surface area contributed by atoms with Crippen molar-refractivity contribution in [2.75, 3.05) is 11.9 Å². The van der Waals surface area contributed by atoms with Crippen LogP contribution >= 0.6 is 0 Å². The number of carbonyl (C=O) groups is 2. The Labute approximate surface area is 144 Å². The van der Waals surface area contributed by atoms with Gasteiger partial charge in [-0.25, -0.2) is 13.5 Å². The van der Waals surface area contributed by atoms with Crippen LogP contribution in [0.4, 0.5) is 14.6 Å². The third-order valence-corrected chi connectivity index (χ3v) is 3.52. The highest BCUT2D eigenvalue weighted by Gasteiger charge is 2.13. The molecule has 0 spiro atoms. The average Bonchev–Trinajstić information content (AvgIpc) is 2.99. The summed E-state index contributed by atoms with van der Waals surface area (Å²) in [6.07, 6.45) is 3.58. The molecule has 2 aromatic rings. The smallest absolute Gasteiger partial charge is 0.254 e. The summed E-state index contributed by atoms with van der Waals surface area (Å²) in [5, 5.41) is 9.28. The zero-order valence-electron chi connectivity index (χ0n) is 13.9. The predicted octanol–water partition coefficient (Wildman–Crippen LogP) is 2.72. The summed E-state index contributed by atoms with van der Waals surface area (Å²) in [7, 11) is 0. The number of aryl methyl sites for hydroxylation is 1. The van der Waals surface area contributed by atoms with E-state index < -0.39 is 17.5 Å². The van der Waals surface area contributed by atoms with Gasteiger partial charge in [0.15, 0.2) is 0 Å². The first-order valence-electron chi connectivity index (χ1n) is 8.06. The lowest BCUT2D eigenvalue weighted by atomic mass is 10.2. The van der Waals surface area contributed by atoms with Crippen molar-refractivity contribution in [3.63, 3.8) is 0 Å². The molecule has 0 radical (unpaired) electrons. The van der Waals surface area contributed by atoms with Gasteiger partial charge in [0.2, 0.25) is 5.91 Å². The van der Waals surface area contributed by atoms with Gasteiger partial charge in [0.1, 0.15) is 17.5 Å². The maximum Gasteiger partial charge on any atom is 0.254 e. The number of carbonyl (C=O) groups excluding carboxylic acids is 2. The molecule has 0 saturated carbocycles. The van der Waals surface area contributed by atoms with Crippen LogP contribution in [0.1, 0.15) is 36.5 Å². The molecule has 0 bridgehead atoms. The van der Waals surface area contributed by atoms with E-state index in [-0.39, 0.29) is 24.4 Å². The van der Waals surface area contributed by atoms with Gasteiger partial charge in [-0.05, 0) is 18.6 Å². The van der Waals surface area contributed by atoms with Crippen LogP contribution in [0, 0.1) is 11.6 Å². The second-order valence-corrected chi connectivity index (χ2v) is 5.47. The van der Waals surface area contributed by atoms with Gasteiger partial charge in [-0.15, -0.1) is 0 Å². The third kappa shape index (κ3) is 5.37. The number of unbranched alkanes of at least 4 members (excludes halogenated alkanes) is 1. The van der Waals surface area contributed by atoms with E-state index in [4.69, 9.17) is 0 Å². The van der Waals surface area contributed by atoms with E-state index in [1.165, 1.54) is 0 Å². The summed E-state index contributed by atoms with van der Waals surface area (Å²) in [5.41, 5.74) is -0.264. The molecule has 25 heavy (non-hydrogen) atoms. The van der Waals surface area contributed by atoms with Crippen molar-refractivity contribution in [3.05, 3.63) is 47.7 Å². The number of anilines is 1. The second kappa shape index (κ2) is 8.91. The van der Waals surface area contributed by atoms with Crippen LogP contribution in [0.15, 0.2) is 30.5 Å². The summed E-state index contributed by atoms with van der Waals surface area (Å²) in [6.45, 7) is 2.80. The standard InChI is InChI=1S/C17H20F2N4O2/c1-2-3-10-23-15(6-9-21-23)22-16(24)7-8-20-17(25)13-5-4-12(18)11-14(13)19/h4-6,9,11H,2-3,7-8,10H2,1H3,(H,20,25)(H,22,24). The molecule has 1 aromatic carbocycles. The van der Waals surface area contributed by atoms with E-state index >= 15 is 0 Å². The summed E-state index contributed by atoms with van der Waals surface area (Å²) >= 11 is 0. The maximum atomic E-state index is 13.5. The Kier molecular flexibility index (Phi) is 6.62. The van der Waals surface area contributed by atoms with Crippen molar-refractivity contribution in [3.8, 4) is 0 Å². The number of hydrogen-bond donors (Lipinski definition) is 2. The fraction of sp³-hybridized carbons (Fsp3) is 0.353. The number of nitrogens with one attached hydrogen (secondary N) is 2. The number of hydrogen-bond acceptors (Lipinski definition) is 3. The molecule has 8 heteroatoms. The van der Waals surface area contributed by atoms with E-state index in [2.05, 4.69) is 22.7 Å². The first-order chi connectivity index (χ1) is 12.0. The number of rotatable bonds is 8. The zero-order valence-corrected chi connectivity index (χ0v) is 13.9. The van der Waals surface area contributed by atoms with Gasteiger partial charge in [-0.2, -0.15) is 5.10 Å². The SMILES string of the molecule is CCCCn1nccc1NC(=O)CCNC(=O)c1ccc(F)cc1F. The molecule has 1 aromatic heterocycles. The normalized spacial score (nSPS) is 10.5. The minimum Gasteiger partial charge on any atom is -0.351 e. The van der Waals surface area contributed by atoms with Gasteiger partial charge >= 0.3 is 0 Å². The number of benzene rings is 1. The monoisotopic (exact) mass is 350 g/mol. The van der Waals surface area contributed by atoms with Crippen molar-refractivity contribution in [1.29, 1.82) is 0 Å². The van der Waals surface area contributed by atoms with Gasteiger partial charge in [-0.1, -0.05) is 13.3 Å². The van der Waals surface area contributed by atoms with Crippen molar-refractivity contribution in [1.82, 2.24) is 15.1 Å². The summed E-state index contributed by atoms with van der Waals surface area (Å²) in [5.74, 6) is -2.10. The molecule has 2 N–H and O–H groups in total. The Morgan fingerprint density at radius 1 is 1.24 bits per heavy atom. The second-order valence-electron chi connectivity index (χ2n) is 5.47. The molecule has 0 aliphatic carbocycles. The number of amides is 2. The summed E-state index contributed by atoms with van der Waals surface area (Å²) < 4.78 is 28.0. The van der Waals surface area contributed by atoms with E-state index in [0.29, 0.717) is 18.4 Å². The molecular weight excluding hydrogens is 330 g/mol. The lowest BCUT2D eigenvalue weighted by molar-refractivity contribution is -0.116. The van der Waals surface area contributed by atoms with E-state index in [1.54, 1.807) is 16.9 Å². The predicted molar refractivity (Wildman–Crippen MR) is 89.1 cm³/mol. The van der Waals surface area contributed by atoms with Crippen LogP contribution in [0.25, 0.3) is 0 Å². The van der Waals surface area contributed by atoms with Crippen molar-refractivity contribution in [2.45, 2.75) is 32.7 Å². The molecule has 134 valence electrons. The van der Waals surface area contributed by atoms with Gasteiger partial charge in [0, 0.05) is 31.6 Å². The number of nitrogens with zero attached hydrogens (tertiary/aromatic N) is 2. The Balaban J connectivity index is 1.80. The van der Waals surface area contributed by atoms with E-state index in [0.717, 1.165) is 25.0 Å². The Morgan fingerprint density at radius 3 is 2.76 bits per heavy atom. The zero-order chi connectivity index (χ0) is 18.2. The molecule has 2 rings (SSSR count). The summed E-state index contributed by atoms with van der Waals surface area (Å²) in [6, 6.07) is 4.40. The highest BCUT2D eigenvalue weighted by atomic mass is 19.1. The molecule has 1 heterocycles. The Hall–Kier alpha value is -2.77. The molecule has 0 unspecified atom stereocenters. The van der Waals surface area contributed by atoms with Gasteiger partial charge in [0.25, 0.3) is 5.91 Å². The van der Waals surface area contributed by atoms with Gasteiger partial charge in [-0.3, -0.25) is 9.59 Å². The fourth-order valence-electron chi connectivity index (χ4n) is 2.19. The van der Waals surface area contributed by atoms with Crippen LogP contribution in [-0.2, 0) is 11.3 Å².